The van der Waals surface area contributed by atoms with Gasteiger partial charge in [0.1, 0.15) is 0 Å². The molecule has 6 nitrogen and oxygen atoms in total. The molecule has 1 aromatic heterocycles. The van der Waals surface area contributed by atoms with Crippen molar-refractivity contribution in [3.05, 3.63) is 46.8 Å². The normalized spacial score (nSPS) is 21.0. The van der Waals surface area contributed by atoms with E-state index < -0.39 is 27.5 Å². The number of nitrogens with zero attached hydrogens (tertiary/aromatic N) is 2. The van der Waals surface area contributed by atoms with Gasteiger partial charge in [-0.2, -0.15) is 18.3 Å². The quantitative estimate of drug-likeness (QED) is 0.814. The zero-order valence-electron chi connectivity index (χ0n) is 15.5. The van der Waals surface area contributed by atoms with E-state index in [1.165, 1.54) is 18.2 Å². The van der Waals surface area contributed by atoms with Crippen molar-refractivity contribution in [2.24, 2.45) is 0 Å². The lowest BCUT2D eigenvalue weighted by Crippen LogP contribution is -2.19. The van der Waals surface area contributed by atoms with Crippen LogP contribution in [0.5, 0.6) is 0 Å². The second-order valence-electron chi connectivity index (χ2n) is 7.48. The van der Waals surface area contributed by atoms with Crippen LogP contribution < -0.4 is 5.32 Å². The van der Waals surface area contributed by atoms with Gasteiger partial charge in [0.05, 0.1) is 28.8 Å². The van der Waals surface area contributed by atoms with E-state index in [1.807, 2.05) is 0 Å². The van der Waals surface area contributed by atoms with Crippen molar-refractivity contribution in [2.45, 2.75) is 44.3 Å². The fourth-order valence-electron chi connectivity index (χ4n) is 4.10. The second-order valence-corrected chi connectivity index (χ2v) is 9.71. The number of hydrogen-bond donors (Lipinski definition) is 1. The highest BCUT2D eigenvalue weighted by Crippen LogP contribution is 2.35. The summed E-state index contributed by atoms with van der Waals surface area (Å²) in [5.74, 6) is -0.661. The number of fused-ring (bicyclic) bond motifs is 1. The summed E-state index contributed by atoms with van der Waals surface area (Å²) in [7, 11) is -3.14. The fourth-order valence-corrected chi connectivity index (χ4v) is 5.79. The van der Waals surface area contributed by atoms with Crippen molar-refractivity contribution in [1.29, 1.82) is 0 Å². The highest BCUT2D eigenvalue weighted by atomic mass is 32.2. The van der Waals surface area contributed by atoms with Crippen LogP contribution in [0, 0.1) is 0 Å². The molecule has 1 atom stereocenters. The Kier molecular flexibility index (Phi) is 4.92. The van der Waals surface area contributed by atoms with Crippen molar-refractivity contribution in [3.63, 3.8) is 0 Å². The third-order valence-corrected chi connectivity index (χ3v) is 7.21. The van der Waals surface area contributed by atoms with E-state index in [-0.39, 0.29) is 28.9 Å². The first-order valence-corrected chi connectivity index (χ1v) is 11.3. The first kappa shape index (κ1) is 19.9. The SMILES string of the molecule is O=C(Nc1ccccc1C(F)(F)F)c1nn(C2CCS(=O)(=O)C2)c2c1CCCC2. The summed E-state index contributed by atoms with van der Waals surface area (Å²) in [4.78, 5) is 12.8. The third-order valence-electron chi connectivity index (χ3n) is 5.46. The number of amides is 1. The number of hydrogen-bond acceptors (Lipinski definition) is 4. The molecule has 4 rings (SSSR count). The molecule has 0 bridgehead atoms. The minimum Gasteiger partial charge on any atom is -0.320 e. The van der Waals surface area contributed by atoms with Gasteiger partial charge >= 0.3 is 6.18 Å². The summed E-state index contributed by atoms with van der Waals surface area (Å²) < 4.78 is 65.0. The average molecular weight is 427 g/mol. The maximum Gasteiger partial charge on any atom is 0.418 e. The van der Waals surface area contributed by atoms with Crippen LogP contribution in [0.1, 0.15) is 52.6 Å². The van der Waals surface area contributed by atoms with E-state index >= 15 is 0 Å². The molecular formula is C19H20F3N3O3S. The molecule has 1 aromatic carbocycles. The number of rotatable bonds is 3. The molecule has 156 valence electrons. The number of carbonyl (C=O) groups excluding carboxylic acids is 1. The van der Waals surface area contributed by atoms with Crippen LogP contribution in [0.4, 0.5) is 18.9 Å². The largest absolute Gasteiger partial charge is 0.418 e. The number of carbonyl (C=O) groups is 1. The Morgan fingerprint density at radius 2 is 1.90 bits per heavy atom. The molecule has 1 aliphatic carbocycles. The van der Waals surface area contributed by atoms with Crippen LogP contribution in [-0.2, 0) is 28.9 Å². The molecule has 0 saturated carbocycles. The Balaban J connectivity index is 1.68. The van der Waals surface area contributed by atoms with E-state index in [0.29, 0.717) is 24.8 Å². The van der Waals surface area contributed by atoms with Gasteiger partial charge in [-0.25, -0.2) is 8.42 Å². The Labute approximate surface area is 166 Å². The molecule has 2 aliphatic rings. The van der Waals surface area contributed by atoms with Crippen LogP contribution in [0.25, 0.3) is 0 Å². The number of halogens is 3. The molecule has 29 heavy (non-hydrogen) atoms. The van der Waals surface area contributed by atoms with Gasteiger partial charge < -0.3 is 5.32 Å². The van der Waals surface area contributed by atoms with Gasteiger partial charge in [-0.3, -0.25) is 9.48 Å². The topological polar surface area (TPSA) is 81.1 Å². The number of aromatic nitrogens is 2. The van der Waals surface area contributed by atoms with Crippen molar-refractivity contribution < 1.29 is 26.4 Å². The zero-order chi connectivity index (χ0) is 20.8. The minimum atomic E-state index is -4.60. The molecule has 2 aromatic rings. The maximum atomic E-state index is 13.2. The lowest BCUT2D eigenvalue weighted by atomic mass is 9.95. The van der Waals surface area contributed by atoms with Crippen molar-refractivity contribution >= 4 is 21.4 Å². The van der Waals surface area contributed by atoms with Crippen LogP contribution >= 0.6 is 0 Å². The zero-order valence-corrected chi connectivity index (χ0v) is 16.3. The van der Waals surface area contributed by atoms with E-state index in [0.717, 1.165) is 24.6 Å². The fraction of sp³-hybridized carbons (Fsp3) is 0.474. The minimum absolute atomic E-state index is 0.0287. The Morgan fingerprint density at radius 1 is 1.17 bits per heavy atom. The van der Waals surface area contributed by atoms with Crippen molar-refractivity contribution in [1.82, 2.24) is 9.78 Å². The molecule has 1 fully saturated rings. The summed E-state index contributed by atoms with van der Waals surface area (Å²) in [5.41, 5.74) is 0.368. The van der Waals surface area contributed by atoms with Gasteiger partial charge in [-0.05, 0) is 44.2 Å². The Hall–Kier alpha value is -2.36. The molecule has 1 amide bonds. The van der Waals surface area contributed by atoms with E-state index in [4.69, 9.17) is 0 Å². The smallest absolute Gasteiger partial charge is 0.320 e. The summed E-state index contributed by atoms with van der Waals surface area (Å²) in [6.45, 7) is 0. The molecule has 1 N–H and O–H groups in total. The number of benzene rings is 1. The van der Waals surface area contributed by atoms with Crippen LogP contribution in [0.15, 0.2) is 24.3 Å². The predicted molar refractivity (Wildman–Crippen MR) is 101 cm³/mol. The van der Waals surface area contributed by atoms with E-state index in [1.54, 1.807) is 4.68 Å². The molecule has 0 spiro atoms. The molecule has 1 saturated heterocycles. The predicted octanol–water partition coefficient (Wildman–Crippen LogP) is 3.39. The number of sulfone groups is 1. The maximum absolute atomic E-state index is 13.2. The van der Waals surface area contributed by atoms with Gasteiger partial charge in [-0.1, -0.05) is 12.1 Å². The summed E-state index contributed by atoms with van der Waals surface area (Å²) in [6.07, 6.45) is -1.16. The van der Waals surface area contributed by atoms with Gasteiger partial charge in [-0.15, -0.1) is 0 Å². The van der Waals surface area contributed by atoms with Gasteiger partial charge in [0, 0.05) is 11.3 Å². The third kappa shape index (κ3) is 3.90. The van der Waals surface area contributed by atoms with Crippen molar-refractivity contribution in [2.75, 3.05) is 16.8 Å². The molecule has 10 heteroatoms. The van der Waals surface area contributed by atoms with E-state index in [9.17, 15) is 26.4 Å². The highest BCUT2D eigenvalue weighted by Gasteiger charge is 2.36. The first-order chi connectivity index (χ1) is 13.7. The molecule has 2 heterocycles. The molecular weight excluding hydrogens is 407 g/mol. The monoisotopic (exact) mass is 427 g/mol. The second kappa shape index (κ2) is 7.16. The van der Waals surface area contributed by atoms with Crippen LogP contribution in [0.2, 0.25) is 0 Å². The van der Waals surface area contributed by atoms with E-state index in [2.05, 4.69) is 10.4 Å². The molecule has 1 unspecified atom stereocenters. The summed E-state index contributed by atoms with van der Waals surface area (Å²) >= 11 is 0. The average Bonchev–Trinajstić information content (AvgIpc) is 3.21. The van der Waals surface area contributed by atoms with Crippen LogP contribution in [-0.4, -0.2) is 35.6 Å². The lowest BCUT2D eigenvalue weighted by Gasteiger charge is -2.17. The van der Waals surface area contributed by atoms with Gasteiger partial charge in [0.15, 0.2) is 15.5 Å². The summed E-state index contributed by atoms with van der Waals surface area (Å²) in [5, 5.41) is 6.74. The number of nitrogens with one attached hydrogen (secondary N) is 1. The Morgan fingerprint density at radius 3 is 2.59 bits per heavy atom. The number of para-hydroxylation sites is 1. The number of alkyl halides is 3. The van der Waals surface area contributed by atoms with Gasteiger partial charge in [0.2, 0.25) is 0 Å². The number of anilines is 1. The molecule has 1 aliphatic heterocycles. The lowest BCUT2D eigenvalue weighted by molar-refractivity contribution is -0.136. The van der Waals surface area contributed by atoms with Crippen LogP contribution in [0.3, 0.4) is 0 Å². The van der Waals surface area contributed by atoms with Crippen molar-refractivity contribution in [3.8, 4) is 0 Å². The summed E-state index contributed by atoms with van der Waals surface area (Å²) in [6, 6.07) is 4.45. The Bertz CT molecular complexity index is 1060. The molecule has 0 radical (unpaired) electrons. The van der Waals surface area contributed by atoms with Gasteiger partial charge in [0.25, 0.3) is 5.91 Å². The highest BCUT2D eigenvalue weighted by molar-refractivity contribution is 7.91. The standard InChI is InChI=1S/C19H20F3N3O3S/c20-19(21,22)14-6-2-3-7-15(14)23-18(26)17-13-5-1-4-8-16(13)25(24-17)12-9-10-29(27,28)11-12/h2-3,6-7,12H,1,4-5,8-11H2,(H,23,26). The first-order valence-electron chi connectivity index (χ1n) is 9.44.